The highest BCUT2D eigenvalue weighted by atomic mass is 79.9. The van der Waals surface area contributed by atoms with Gasteiger partial charge in [0.15, 0.2) is 0 Å². The van der Waals surface area contributed by atoms with Crippen LogP contribution in [0.2, 0.25) is 5.02 Å². The molecule has 2 rings (SSSR count). The molecule has 0 aliphatic carbocycles. The summed E-state index contributed by atoms with van der Waals surface area (Å²) in [6, 6.07) is 13.2. The van der Waals surface area contributed by atoms with Crippen LogP contribution in [0.5, 0.6) is 0 Å². The van der Waals surface area contributed by atoms with Gasteiger partial charge < -0.3 is 10.2 Å². The minimum atomic E-state index is -0.144. The topological polar surface area (TPSA) is 32.3 Å². The van der Waals surface area contributed by atoms with E-state index in [0.29, 0.717) is 17.1 Å². The second kappa shape index (κ2) is 6.96. The van der Waals surface area contributed by atoms with Crippen LogP contribution < -0.4 is 10.2 Å². The molecule has 0 saturated heterocycles. The predicted octanol–water partition coefficient (Wildman–Crippen LogP) is 4.10. The third kappa shape index (κ3) is 4.48. The smallest absolute Gasteiger partial charge is 0.251 e. The molecule has 0 aliphatic rings. The summed E-state index contributed by atoms with van der Waals surface area (Å²) < 4.78 is 0.787. The zero-order chi connectivity index (χ0) is 15.4. The molecule has 0 aromatic heterocycles. The molecule has 5 heteroatoms. The Kier molecular flexibility index (Phi) is 5.26. The number of carbonyl (C=O) groups is 1. The third-order valence-electron chi connectivity index (χ3n) is 3.03. The van der Waals surface area contributed by atoms with E-state index in [0.717, 1.165) is 15.7 Å². The fourth-order valence-corrected chi connectivity index (χ4v) is 2.74. The van der Waals surface area contributed by atoms with Crippen LogP contribution >= 0.6 is 27.5 Å². The van der Waals surface area contributed by atoms with Crippen molar-refractivity contribution in [2.75, 3.05) is 19.0 Å². The first-order valence-corrected chi connectivity index (χ1v) is 7.63. The Morgan fingerprint density at radius 1 is 1.19 bits per heavy atom. The van der Waals surface area contributed by atoms with Gasteiger partial charge in [0.05, 0.1) is 0 Å². The van der Waals surface area contributed by atoms with E-state index in [4.69, 9.17) is 11.6 Å². The van der Waals surface area contributed by atoms with E-state index in [1.807, 2.05) is 43.3 Å². The van der Waals surface area contributed by atoms with E-state index < -0.39 is 0 Å². The summed E-state index contributed by atoms with van der Waals surface area (Å²) in [5.41, 5.74) is 2.72. The van der Waals surface area contributed by atoms with E-state index in [1.54, 1.807) is 18.2 Å². The Morgan fingerprint density at radius 2 is 1.86 bits per heavy atom. The van der Waals surface area contributed by atoms with Crippen LogP contribution in [0.25, 0.3) is 0 Å². The van der Waals surface area contributed by atoms with Crippen molar-refractivity contribution in [3.63, 3.8) is 0 Å². The van der Waals surface area contributed by atoms with Crippen LogP contribution in [0.15, 0.2) is 46.9 Å². The van der Waals surface area contributed by atoms with Crippen molar-refractivity contribution in [1.82, 2.24) is 5.32 Å². The number of amides is 1. The number of hydrogen-bond acceptors (Lipinski definition) is 2. The minimum absolute atomic E-state index is 0.144. The minimum Gasteiger partial charge on any atom is -0.378 e. The van der Waals surface area contributed by atoms with Crippen LogP contribution in [0.3, 0.4) is 0 Å². The maximum atomic E-state index is 12.1. The molecule has 1 N–H and O–H groups in total. The van der Waals surface area contributed by atoms with Gasteiger partial charge in [0.2, 0.25) is 0 Å². The lowest BCUT2D eigenvalue weighted by molar-refractivity contribution is 0.0951. The summed E-state index contributed by atoms with van der Waals surface area (Å²) in [5, 5.41) is 3.42. The highest BCUT2D eigenvalue weighted by Crippen LogP contribution is 2.19. The summed E-state index contributed by atoms with van der Waals surface area (Å²) >= 11 is 9.27. The molecule has 0 bridgehead atoms. The standard InChI is InChI=1S/C16H16BrClN2O/c1-20(2)15-5-3-11(4-6-15)10-19-16(21)12-7-13(17)9-14(18)8-12/h3-9H,10H2,1-2H3,(H,19,21). The van der Waals surface area contributed by atoms with Gasteiger partial charge in [-0.1, -0.05) is 39.7 Å². The van der Waals surface area contributed by atoms with Crippen LogP contribution in [-0.4, -0.2) is 20.0 Å². The van der Waals surface area contributed by atoms with Gasteiger partial charge in [-0.2, -0.15) is 0 Å². The molecule has 0 fully saturated rings. The van der Waals surface area contributed by atoms with Crippen LogP contribution in [-0.2, 0) is 6.54 Å². The van der Waals surface area contributed by atoms with Gasteiger partial charge in [0.25, 0.3) is 5.91 Å². The lowest BCUT2D eigenvalue weighted by Gasteiger charge is -2.13. The molecule has 0 spiro atoms. The van der Waals surface area contributed by atoms with Gasteiger partial charge in [0, 0.05) is 41.4 Å². The Labute approximate surface area is 138 Å². The summed E-state index contributed by atoms with van der Waals surface area (Å²) in [6.07, 6.45) is 0. The third-order valence-corrected chi connectivity index (χ3v) is 3.71. The monoisotopic (exact) mass is 366 g/mol. The normalized spacial score (nSPS) is 10.3. The van der Waals surface area contributed by atoms with Gasteiger partial charge in [-0.25, -0.2) is 0 Å². The van der Waals surface area contributed by atoms with E-state index in [1.165, 1.54) is 0 Å². The summed E-state index contributed by atoms with van der Waals surface area (Å²) in [7, 11) is 3.99. The van der Waals surface area contributed by atoms with Crippen molar-refractivity contribution in [2.45, 2.75) is 6.54 Å². The van der Waals surface area contributed by atoms with Crippen molar-refractivity contribution in [3.8, 4) is 0 Å². The quantitative estimate of drug-likeness (QED) is 0.882. The van der Waals surface area contributed by atoms with Gasteiger partial charge in [-0.15, -0.1) is 0 Å². The van der Waals surface area contributed by atoms with Crippen molar-refractivity contribution < 1.29 is 4.79 Å². The number of nitrogens with zero attached hydrogens (tertiary/aromatic N) is 1. The van der Waals surface area contributed by atoms with Crippen LogP contribution in [0.4, 0.5) is 5.69 Å². The van der Waals surface area contributed by atoms with Crippen molar-refractivity contribution in [2.24, 2.45) is 0 Å². The molecular weight excluding hydrogens is 352 g/mol. The average Bonchev–Trinajstić information content (AvgIpc) is 2.44. The summed E-state index contributed by atoms with van der Waals surface area (Å²) in [4.78, 5) is 14.1. The fourth-order valence-electron chi connectivity index (χ4n) is 1.88. The zero-order valence-electron chi connectivity index (χ0n) is 11.9. The molecule has 0 atom stereocenters. The van der Waals surface area contributed by atoms with Crippen molar-refractivity contribution in [3.05, 3.63) is 63.1 Å². The lowest BCUT2D eigenvalue weighted by Crippen LogP contribution is -2.22. The first kappa shape index (κ1) is 15.9. The number of benzene rings is 2. The number of carbonyl (C=O) groups excluding carboxylic acids is 1. The molecule has 0 saturated carbocycles. The Bertz CT molecular complexity index is 621. The number of anilines is 1. The predicted molar refractivity (Wildman–Crippen MR) is 91.1 cm³/mol. The van der Waals surface area contributed by atoms with Crippen molar-refractivity contribution in [1.29, 1.82) is 0 Å². The molecule has 1 amide bonds. The van der Waals surface area contributed by atoms with E-state index in [2.05, 4.69) is 21.2 Å². The number of nitrogens with one attached hydrogen (secondary N) is 1. The van der Waals surface area contributed by atoms with E-state index in [-0.39, 0.29) is 5.91 Å². The van der Waals surface area contributed by atoms with Gasteiger partial charge in [-0.05, 0) is 35.9 Å². The highest BCUT2D eigenvalue weighted by molar-refractivity contribution is 9.10. The van der Waals surface area contributed by atoms with Crippen molar-refractivity contribution >= 4 is 39.1 Å². The Hall–Kier alpha value is -1.52. The molecule has 0 radical (unpaired) electrons. The number of halogens is 2. The largest absolute Gasteiger partial charge is 0.378 e. The molecule has 2 aromatic carbocycles. The molecule has 21 heavy (non-hydrogen) atoms. The molecule has 2 aromatic rings. The molecule has 110 valence electrons. The second-order valence-electron chi connectivity index (χ2n) is 4.90. The van der Waals surface area contributed by atoms with Gasteiger partial charge in [0.1, 0.15) is 0 Å². The first-order chi connectivity index (χ1) is 9.95. The average molecular weight is 368 g/mol. The van der Waals surface area contributed by atoms with Crippen LogP contribution in [0, 0.1) is 0 Å². The first-order valence-electron chi connectivity index (χ1n) is 6.46. The maximum absolute atomic E-state index is 12.1. The zero-order valence-corrected chi connectivity index (χ0v) is 14.2. The van der Waals surface area contributed by atoms with E-state index in [9.17, 15) is 4.79 Å². The Balaban J connectivity index is 2.00. The molecule has 3 nitrogen and oxygen atoms in total. The second-order valence-corrected chi connectivity index (χ2v) is 6.25. The molecular formula is C16H16BrClN2O. The number of hydrogen-bond donors (Lipinski definition) is 1. The fraction of sp³-hybridized carbons (Fsp3) is 0.188. The van der Waals surface area contributed by atoms with Gasteiger partial charge in [-0.3, -0.25) is 4.79 Å². The Morgan fingerprint density at radius 3 is 2.43 bits per heavy atom. The van der Waals surface area contributed by atoms with Gasteiger partial charge >= 0.3 is 0 Å². The summed E-state index contributed by atoms with van der Waals surface area (Å²) in [5.74, 6) is -0.144. The lowest BCUT2D eigenvalue weighted by atomic mass is 10.1. The van der Waals surface area contributed by atoms with E-state index >= 15 is 0 Å². The maximum Gasteiger partial charge on any atom is 0.251 e. The summed E-state index contributed by atoms with van der Waals surface area (Å²) in [6.45, 7) is 0.483. The van der Waals surface area contributed by atoms with Crippen LogP contribution in [0.1, 0.15) is 15.9 Å². The SMILES string of the molecule is CN(C)c1ccc(CNC(=O)c2cc(Cl)cc(Br)c2)cc1. The highest BCUT2D eigenvalue weighted by Gasteiger charge is 2.07. The molecule has 0 heterocycles. The number of rotatable bonds is 4. The molecule has 0 unspecified atom stereocenters. The molecule has 0 aliphatic heterocycles.